The van der Waals surface area contributed by atoms with E-state index < -0.39 is 0 Å². The van der Waals surface area contributed by atoms with Crippen LogP contribution < -0.4 is 11.3 Å². The lowest BCUT2D eigenvalue weighted by molar-refractivity contribution is 0.549. The fraction of sp³-hybridized carbons (Fsp3) is 0.200. The first-order valence-corrected chi connectivity index (χ1v) is 7.36. The van der Waals surface area contributed by atoms with Crippen LogP contribution in [-0.2, 0) is 6.42 Å². The fourth-order valence-corrected chi connectivity index (χ4v) is 3.04. The van der Waals surface area contributed by atoms with Crippen molar-refractivity contribution in [3.8, 4) is 0 Å². The molecule has 0 amide bonds. The number of nitrogens with two attached hydrogens (primary N) is 1. The van der Waals surface area contributed by atoms with E-state index in [0.717, 1.165) is 33.6 Å². The smallest absolute Gasteiger partial charge is 0.0947 e. The second-order valence-corrected chi connectivity index (χ2v) is 5.71. The van der Waals surface area contributed by atoms with Crippen molar-refractivity contribution in [1.29, 1.82) is 0 Å². The molecule has 4 nitrogen and oxygen atoms in total. The predicted molar refractivity (Wildman–Crippen MR) is 82.4 cm³/mol. The van der Waals surface area contributed by atoms with Gasteiger partial charge in [-0.2, -0.15) is 0 Å². The van der Waals surface area contributed by atoms with E-state index in [1.165, 1.54) is 0 Å². The van der Waals surface area contributed by atoms with Crippen LogP contribution in [0, 0.1) is 6.92 Å². The number of aromatic nitrogens is 2. The molecule has 0 saturated heterocycles. The summed E-state index contributed by atoms with van der Waals surface area (Å²) in [6.45, 7) is 2.00. The minimum atomic E-state index is 0.0256. The third kappa shape index (κ3) is 2.70. The van der Waals surface area contributed by atoms with E-state index >= 15 is 0 Å². The number of aryl methyl sites for hydroxylation is 1. The maximum atomic E-state index is 5.70. The zero-order valence-corrected chi connectivity index (χ0v) is 12.0. The monoisotopic (exact) mass is 284 g/mol. The highest BCUT2D eigenvalue weighted by Gasteiger charge is 2.13. The summed E-state index contributed by atoms with van der Waals surface area (Å²) in [4.78, 5) is 8.97. The number of hydrazine groups is 1. The van der Waals surface area contributed by atoms with Crippen LogP contribution in [0.5, 0.6) is 0 Å². The van der Waals surface area contributed by atoms with Gasteiger partial charge in [-0.15, -0.1) is 11.3 Å². The highest BCUT2D eigenvalue weighted by molar-refractivity contribution is 7.09. The molecule has 1 unspecified atom stereocenters. The van der Waals surface area contributed by atoms with Crippen LogP contribution >= 0.6 is 11.3 Å². The van der Waals surface area contributed by atoms with Crippen molar-refractivity contribution in [3.63, 3.8) is 0 Å². The van der Waals surface area contributed by atoms with Crippen molar-refractivity contribution >= 4 is 22.2 Å². The fourth-order valence-electron chi connectivity index (χ4n) is 2.22. The zero-order chi connectivity index (χ0) is 13.9. The Morgan fingerprint density at radius 2 is 2.20 bits per heavy atom. The minimum Gasteiger partial charge on any atom is -0.271 e. The number of nitrogens with one attached hydrogen (secondary N) is 1. The highest BCUT2D eigenvalue weighted by atomic mass is 32.1. The Balaban J connectivity index is 1.90. The van der Waals surface area contributed by atoms with E-state index in [9.17, 15) is 0 Å². The van der Waals surface area contributed by atoms with Crippen LogP contribution in [0.3, 0.4) is 0 Å². The number of fused-ring (bicyclic) bond motifs is 1. The lowest BCUT2D eigenvalue weighted by atomic mass is 10.0. The number of nitrogens with zero attached hydrogens (tertiary/aromatic N) is 2. The molecule has 1 aromatic carbocycles. The molecule has 1 atom stereocenters. The molecule has 0 fully saturated rings. The first-order valence-electron chi connectivity index (χ1n) is 6.48. The molecule has 5 heteroatoms. The SMILES string of the molecule is Cc1csc(CC(NN)c2cnc3ccccc3c2)n1. The molecule has 102 valence electrons. The quantitative estimate of drug-likeness (QED) is 0.571. The Bertz CT molecular complexity index is 722. The van der Waals surface area contributed by atoms with Gasteiger partial charge in [-0.1, -0.05) is 18.2 Å². The average Bonchev–Trinajstić information content (AvgIpc) is 2.89. The molecule has 3 rings (SSSR count). The summed E-state index contributed by atoms with van der Waals surface area (Å²) in [7, 11) is 0. The minimum absolute atomic E-state index is 0.0256. The summed E-state index contributed by atoms with van der Waals surface area (Å²) in [5, 5.41) is 4.26. The summed E-state index contributed by atoms with van der Waals surface area (Å²) in [6, 6.07) is 10.2. The first kappa shape index (κ1) is 13.2. The van der Waals surface area contributed by atoms with Gasteiger partial charge in [-0.3, -0.25) is 16.3 Å². The number of pyridine rings is 1. The van der Waals surface area contributed by atoms with E-state index in [4.69, 9.17) is 5.84 Å². The summed E-state index contributed by atoms with van der Waals surface area (Å²) in [6.07, 6.45) is 2.66. The molecule has 2 aromatic heterocycles. The van der Waals surface area contributed by atoms with Gasteiger partial charge < -0.3 is 0 Å². The molecule has 3 N–H and O–H groups in total. The van der Waals surface area contributed by atoms with Crippen LogP contribution in [0.15, 0.2) is 41.9 Å². The van der Waals surface area contributed by atoms with Crippen molar-refractivity contribution in [2.75, 3.05) is 0 Å². The summed E-state index contributed by atoms with van der Waals surface area (Å²) in [5.41, 5.74) is 6.00. The van der Waals surface area contributed by atoms with Gasteiger partial charge in [0.15, 0.2) is 0 Å². The molecule has 0 saturated carbocycles. The largest absolute Gasteiger partial charge is 0.271 e. The molecule has 0 aliphatic rings. The van der Waals surface area contributed by atoms with E-state index in [2.05, 4.69) is 32.9 Å². The van der Waals surface area contributed by atoms with Gasteiger partial charge in [0.05, 0.1) is 16.6 Å². The summed E-state index contributed by atoms with van der Waals surface area (Å²) in [5.74, 6) is 5.70. The summed E-state index contributed by atoms with van der Waals surface area (Å²) < 4.78 is 0. The van der Waals surface area contributed by atoms with E-state index in [-0.39, 0.29) is 6.04 Å². The van der Waals surface area contributed by atoms with Gasteiger partial charge in [0.1, 0.15) is 0 Å². The van der Waals surface area contributed by atoms with Crippen LogP contribution in [0.2, 0.25) is 0 Å². The Morgan fingerprint density at radius 1 is 1.35 bits per heavy atom. The molecule has 2 heterocycles. The third-order valence-electron chi connectivity index (χ3n) is 3.26. The molecule has 0 bridgehead atoms. The van der Waals surface area contributed by atoms with Crippen molar-refractivity contribution in [2.45, 2.75) is 19.4 Å². The number of hydrogen-bond acceptors (Lipinski definition) is 5. The molecule has 20 heavy (non-hydrogen) atoms. The molecule has 0 aliphatic heterocycles. The van der Waals surface area contributed by atoms with Crippen molar-refractivity contribution in [1.82, 2.24) is 15.4 Å². The van der Waals surface area contributed by atoms with Crippen molar-refractivity contribution in [2.24, 2.45) is 5.84 Å². The average molecular weight is 284 g/mol. The normalized spacial score (nSPS) is 12.7. The second kappa shape index (κ2) is 5.66. The van der Waals surface area contributed by atoms with Gasteiger partial charge in [-0.25, -0.2) is 4.98 Å². The van der Waals surface area contributed by atoms with Crippen molar-refractivity contribution < 1.29 is 0 Å². The Kier molecular flexibility index (Phi) is 3.73. The standard InChI is InChI=1S/C15H16N4S/c1-10-9-20-15(18-10)7-14(19-16)12-6-11-4-2-3-5-13(11)17-8-12/h2-6,8-9,14,19H,7,16H2,1H3. The maximum absolute atomic E-state index is 5.70. The van der Waals surface area contributed by atoms with Crippen LogP contribution in [-0.4, -0.2) is 9.97 Å². The Morgan fingerprint density at radius 3 is 2.95 bits per heavy atom. The molecule has 0 spiro atoms. The van der Waals surface area contributed by atoms with E-state index in [0.29, 0.717) is 0 Å². The lowest BCUT2D eigenvalue weighted by Crippen LogP contribution is -2.29. The Labute approximate surface area is 121 Å². The van der Waals surface area contributed by atoms with E-state index in [1.54, 1.807) is 11.3 Å². The zero-order valence-electron chi connectivity index (χ0n) is 11.2. The van der Waals surface area contributed by atoms with Gasteiger partial charge in [0, 0.05) is 29.1 Å². The van der Waals surface area contributed by atoms with Crippen LogP contribution in [0.4, 0.5) is 0 Å². The number of benzene rings is 1. The molecular weight excluding hydrogens is 268 g/mol. The molecule has 0 radical (unpaired) electrons. The van der Waals surface area contributed by atoms with Crippen molar-refractivity contribution in [3.05, 3.63) is 58.2 Å². The lowest BCUT2D eigenvalue weighted by Gasteiger charge is -2.15. The first-order chi connectivity index (χ1) is 9.76. The predicted octanol–water partition coefficient (Wildman–Crippen LogP) is 2.75. The van der Waals surface area contributed by atoms with Crippen LogP contribution in [0.1, 0.15) is 22.3 Å². The number of thiazole rings is 1. The highest BCUT2D eigenvalue weighted by Crippen LogP contribution is 2.22. The number of rotatable bonds is 4. The molecular formula is C15H16N4S. The maximum Gasteiger partial charge on any atom is 0.0947 e. The van der Waals surface area contributed by atoms with Gasteiger partial charge in [0.25, 0.3) is 0 Å². The van der Waals surface area contributed by atoms with Gasteiger partial charge in [-0.05, 0) is 24.6 Å². The Hall–Kier alpha value is -1.82. The number of para-hydroxylation sites is 1. The molecule has 3 aromatic rings. The van der Waals surface area contributed by atoms with Gasteiger partial charge in [0.2, 0.25) is 0 Å². The second-order valence-electron chi connectivity index (χ2n) is 4.77. The summed E-state index contributed by atoms with van der Waals surface area (Å²) >= 11 is 1.66. The number of hydrogen-bond donors (Lipinski definition) is 2. The van der Waals surface area contributed by atoms with Gasteiger partial charge >= 0.3 is 0 Å². The van der Waals surface area contributed by atoms with Crippen LogP contribution in [0.25, 0.3) is 10.9 Å². The third-order valence-corrected chi connectivity index (χ3v) is 4.25. The molecule has 0 aliphatic carbocycles. The topological polar surface area (TPSA) is 63.8 Å². The van der Waals surface area contributed by atoms with E-state index in [1.807, 2.05) is 31.3 Å².